The maximum Gasteiger partial charge on any atom is 0.0465 e. The molecule has 6 heteroatoms. The van der Waals surface area contributed by atoms with E-state index in [4.69, 9.17) is 23.2 Å². The zero-order chi connectivity index (χ0) is 12.1. The number of hydrogen-bond donors (Lipinski definition) is 2. The normalized spacial score (nSPS) is 15.5. The molecule has 1 aromatic rings. The summed E-state index contributed by atoms with van der Waals surface area (Å²) in [6.45, 7) is 4.18. The molecular formula is C13H18Cl4N2-2. The van der Waals surface area contributed by atoms with Gasteiger partial charge in [-0.2, -0.15) is 0 Å². The van der Waals surface area contributed by atoms with Crippen molar-refractivity contribution in [3.8, 4) is 0 Å². The lowest BCUT2D eigenvalue weighted by atomic mass is 9.98. The van der Waals surface area contributed by atoms with Crippen molar-refractivity contribution in [3.05, 3.63) is 33.8 Å². The third kappa shape index (κ3) is 6.52. The van der Waals surface area contributed by atoms with E-state index in [-0.39, 0.29) is 24.8 Å². The minimum atomic E-state index is 0. The van der Waals surface area contributed by atoms with Crippen molar-refractivity contribution in [3.63, 3.8) is 0 Å². The van der Waals surface area contributed by atoms with Gasteiger partial charge in [0.15, 0.2) is 0 Å². The Hall–Kier alpha value is 0.300. The molecule has 1 aliphatic rings. The van der Waals surface area contributed by atoms with Gasteiger partial charge in [-0.05, 0) is 56.1 Å². The van der Waals surface area contributed by atoms with E-state index in [1.54, 1.807) is 6.07 Å². The first-order valence-corrected chi connectivity index (χ1v) is 6.86. The first kappa shape index (κ1) is 19.3. The number of halogens is 4. The smallest absolute Gasteiger partial charge is 0.0465 e. The fourth-order valence-electron chi connectivity index (χ4n) is 2.16. The number of benzene rings is 1. The Kier molecular flexibility index (Phi) is 10.2. The van der Waals surface area contributed by atoms with Gasteiger partial charge in [-0.1, -0.05) is 29.3 Å². The first-order valence-electron chi connectivity index (χ1n) is 6.11. The summed E-state index contributed by atoms with van der Waals surface area (Å²) < 4.78 is 0. The highest BCUT2D eigenvalue weighted by Crippen LogP contribution is 2.21. The van der Waals surface area contributed by atoms with Crippen LogP contribution in [0.25, 0.3) is 0 Å². The highest BCUT2D eigenvalue weighted by molar-refractivity contribution is 6.35. The average Bonchev–Trinajstić information content (AvgIpc) is 2.33. The molecule has 2 nitrogen and oxygen atoms in total. The monoisotopic (exact) mass is 342 g/mol. The molecular weight excluding hydrogens is 326 g/mol. The standard InChI is InChI=1S/C13H18Cl2N2.2ClH/c14-12-2-1-11(13(15)7-12)9-17-8-10-3-5-16-6-4-10;;/h1-2,7,10,16-17H,3-6,8-9H2;2*1H/p-2. The summed E-state index contributed by atoms with van der Waals surface area (Å²) >= 11 is 12.0. The fourth-order valence-corrected chi connectivity index (χ4v) is 2.64. The third-order valence-electron chi connectivity index (χ3n) is 3.22. The molecule has 1 heterocycles. The molecule has 1 aromatic carbocycles. The number of hydrogen-bond acceptors (Lipinski definition) is 2. The molecule has 1 aliphatic heterocycles. The lowest BCUT2D eigenvalue weighted by Gasteiger charge is -2.22. The lowest BCUT2D eigenvalue weighted by Crippen LogP contribution is -3.00. The number of nitrogens with one attached hydrogen (secondary N) is 2. The van der Waals surface area contributed by atoms with Gasteiger partial charge in [0.25, 0.3) is 0 Å². The minimum Gasteiger partial charge on any atom is -1.00 e. The van der Waals surface area contributed by atoms with Gasteiger partial charge in [-0.3, -0.25) is 0 Å². The van der Waals surface area contributed by atoms with Crippen LogP contribution >= 0.6 is 23.2 Å². The Morgan fingerprint density at radius 3 is 2.47 bits per heavy atom. The molecule has 19 heavy (non-hydrogen) atoms. The van der Waals surface area contributed by atoms with E-state index in [0.29, 0.717) is 5.02 Å². The topological polar surface area (TPSA) is 24.1 Å². The van der Waals surface area contributed by atoms with E-state index < -0.39 is 0 Å². The van der Waals surface area contributed by atoms with Crippen LogP contribution in [0.3, 0.4) is 0 Å². The van der Waals surface area contributed by atoms with Crippen molar-refractivity contribution < 1.29 is 24.8 Å². The summed E-state index contributed by atoms with van der Waals surface area (Å²) in [6.07, 6.45) is 2.53. The van der Waals surface area contributed by atoms with Gasteiger partial charge in [-0.15, -0.1) is 0 Å². The first-order chi connectivity index (χ1) is 8.25. The second-order valence-corrected chi connectivity index (χ2v) is 5.40. The summed E-state index contributed by atoms with van der Waals surface area (Å²) in [7, 11) is 0. The van der Waals surface area contributed by atoms with E-state index in [0.717, 1.165) is 42.7 Å². The van der Waals surface area contributed by atoms with Gasteiger partial charge in [-0.25, -0.2) is 0 Å². The van der Waals surface area contributed by atoms with Crippen LogP contribution in [-0.4, -0.2) is 19.6 Å². The Morgan fingerprint density at radius 2 is 1.84 bits per heavy atom. The highest BCUT2D eigenvalue weighted by atomic mass is 35.5. The van der Waals surface area contributed by atoms with Gasteiger partial charge in [0.2, 0.25) is 0 Å². The molecule has 0 amide bonds. The molecule has 0 atom stereocenters. The molecule has 1 fully saturated rings. The van der Waals surface area contributed by atoms with Gasteiger partial charge in [0.1, 0.15) is 0 Å². The predicted molar refractivity (Wildman–Crippen MR) is 73.8 cm³/mol. The molecule has 2 N–H and O–H groups in total. The van der Waals surface area contributed by atoms with E-state index in [2.05, 4.69) is 10.6 Å². The Bertz CT molecular complexity index is 368. The largest absolute Gasteiger partial charge is 1.00 e. The number of rotatable bonds is 4. The second-order valence-electron chi connectivity index (χ2n) is 4.56. The molecule has 2 rings (SSSR count). The van der Waals surface area contributed by atoms with Crippen LogP contribution in [0.1, 0.15) is 18.4 Å². The molecule has 0 unspecified atom stereocenters. The molecule has 0 aliphatic carbocycles. The fraction of sp³-hybridized carbons (Fsp3) is 0.538. The van der Waals surface area contributed by atoms with Crippen molar-refractivity contribution in [2.24, 2.45) is 5.92 Å². The maximum absolute atomic E-state index is 6.12. The van der Waals surface area contributed by atoms with Crippen LogP contribution in [0, 0.1) is 5.92 Å². The van der Waals surface area contributed by atoms with E-state index in [9.17, 15) is 0 Å². The van der Waals surface area contributed by atoms with Crippen LogP contribution in [0.5, 0.6) is 0 Å². The quantitative estimate of drug-likeness (QED) is 0.612. The van der Waals surface area contributed by atoms with Gasteiger partial charge >= 0.3 is 0 Å². The summed E-state index contributed by atoms with van der Waals surface area (Å²) in [4.78, 5) is 0. The Labute approximate surface area is 137 Å². The van der Waals surface area contributed by atoms with Crippen LogP contribution in [0.2, 0.25) is 10.0 Å². The van der Waals surface area contributed by atoms with Gasteiger partial charge in [0.05, 0.1) is 0 Å². The summed E-state index contributed by atoms with van der Waals surface area (Å²) in [5, 5.41) is 8.29. The molecule has 0 spiro atoms. The molecule has 0 saturated carbocycles. The van der Waals surface area contributed by atoms with Crippen molar-refractivity contribution in [1.82, 2.24) is 10.6 Å². The van der Waals surface area contributed by atoms with Crippen LogP contribution in [0.4, 0.5) is 0 Å². The van der Waals surface area contributed by atoms with Crippen molar-refractivity contribution in [2.75, 3.05) is 19.6 Å². The zero-order valence-electron chi connectivity index (χ0n) is 10.6. The van der Waals surface area contributed by atoms with E-state index >= 15 is 0 Å². The zero-order valence-corrected chi connectivity index (χ0v) is 13.6. The third-order valence-corrected chi connectivity index (χ3v) is 3.81. The predicted octanol–water partition coefficient (Wildman–Crippen LogP) is -2.91. The highest BCUT2D eigenvalue weighted by Gasteiger charge is 2.12. The average molecular weight is 344 g/mol. The summed E-state index contributed by atoms with van der Waals surface area (Å²) in [5.74, 6) is 0.794. The summed E-state index contributed by atoms with van der Waals surface area (Å²) in [5.41, 5.74) is 1.12. The van der Waals surface area contributed by atoms with Crippen molar-refractivity contribution in [1.29, 1.82) is 0 Å². The lowest BCUT2D eigenvalue weighted by molar-refractivity contribution is -0.001000. The molecule has 0 aromatic heterocycles. The van der Waals surface area contributed by atoms with Crippen molar-refractivity contribution >= 4 is 23.2 Å². The Balaban J connectivity index is 0.00000162. The molecule has 1 saturated heterocycles. The molecule has 110 valence electrons. The van der Waals surface area contributed by atoms with Crippen LogP contribution in [0.15, 0.2) is 18.2 Å². The van der Waals surface area contributed by atoms with Gasteiger partial charge < -0.3 is 35.4 Å². The Morgan fingerprint density at radius 1 is 1.16 bits per heavy atom. The van der Waals surface area contributed by atoms with Crippen molar-refractivity contribution in [2.45, 2.75) is 19.4 Å². The maximum atomic E-state index is 6.12. The molecule has 0 bridgehead atoms. The van der Waals surface area contributed by atoms with Crippen LogP contribution < -0.4 is 35.4 Å². The SMILES string of the molecule is Clc1ccc(CNCC2CCNCC2)c(Cl)c1.[Cl-].[Cl-]. The number of piperidine rings is 1. The molecule has 0 radical (unpaired) electrons. The minimum absolute atomic E-state index is 0. The van der Waals surface area contributed by atoms with Crippen LogP contribution in [-0.2, 0) is 6.54 Å². The van der Waals surface area contributed by atoms with E-state index in [1.807, 2.05) is 12.1 Å². The second kappa shape index (κ2) is 10.1. The van der Waals surface area contributed by atoms with E-state index in [1.165, 1.54) is 12.8 Å². The van der Waals surface area contributed by atoms with Gasteiger partial charge in [0, 0.05) is 16.6 Å². The summed E-state index contributed by atoms with van der Waals surface area (Å²) in [6, 6.07) is 5.67.